The average molecular weight is 316 g/mol. The molecule has 2 fully saturated rings. The third-order valence-corrected chi connectivity index (χ3v) is 6.72. The fourth-order valence-corrected chi connectivity index (χ4v) is 4.74. The van der Waals surface area contributed by atoms with Crippen LogP contribution in [-0.4, -0.2) is 56.0 Å². The van der Waals surface area contributed by atoms with Crippen LogP contribution in [0.5, 0.6) is 0 Å². The van der Waals surface area contributed by atoms with Crippen LogP contribution in [0.2, 0.25) is 0 Å². The molecule has 0 radical (unpaired) electrons. The maximum Gasteiger partial charge on any atom is 0.226 e. The van der Waals surface area contributed by atoms with Crippen LogP contribution in [0.4, 0.5) is 0 Å². The Morgan fingerprint density at radius 1 is 1.19 bits per heavy atom. The van der Waals surface area contributed by atoms with E-state index in [0.717, 1.165) is 19.4 Å². The number of carbonyl (C=O) groups is 1. The monoisotopic (exact) mass is 316 g/mol. The molecular weight excluding hydrogens is 288 g/mol. The lowest BCUT2D eigenvalue weighted by atomic mass is 9.97. The van der Waals surface area contributed by atoms with Gasteiger partial charge < -0.3 is 4.90 Å². The summed E-state index contributed by atoms with van der Waals surface area (Å²) in [5.41, 5.74) is 0. The molecule has 1 atom stereocenters. The molecule has 1 aliphatic carbocycles. The standard InChI is InChI=1S/C15H28N2O3S/c1-3-21(19,20)17-10-6-9-14(12-17)15(18)16(2)11-13-7-4-5-8-13/h13-14H,3-12H2,1-2H3. The molecule has 0 aromatic carbocycles. The van der Waals surface area contributed by atoms with Crippen molar-refractivity contribution in [3.8, 4) is 0 Å². The van der Waals surface area contributed by atoms with Gasteiger partial charge in [-0.1, -0.05) is 12.8 Å². The second kappa shape index (κ2) is 7.09. The third kappa shape index (κ3) is 4.19. The van der Waals surface area contributed by atoms with E-state index in [-0.39, 0.29) is 17.6 Å². The van der Waals surface area contributed by atoms with Gasteiger partial charge in [-0.05, 0) is 38.5 Å². The first-order chi connectivity index (χ1) is 9.94. The highest BCUT2D eigenvalue weighted by Crippen LogP contribution is 2.27. The molecule has 1 heterocycles. The first-order valence-electron chi connectivity index (χ1n) is 8.17. The van der Waals surface area contributed by atoms with Crippen LogP contribution in [0.1, 0.15) is 45.4 Å². The van der Waals surface area contributed by atoms with Gasteiger partial charge in [-0.3, -0.25) is 4.79 Å². The Bertz CT molecular complexity index is 458. The number of hydrogen-bond acceptors (Lipinski definition) is 3. The maximum absolute atomic E-state index is 12.6. The Morgan fingerprint density at radius 3 is 2.48 bits per heavy atom. The molecule has 1 unspecified atom stereocenters. The normalized spacial score (nSPS) is 25.1. The van der Waals surface area contributed by atoms with Gasteiger partial charge in [0.2, 0.25) is 15.9 Å². The minimum atomic E-state index is -3.17. The van der Waals surface area contributed by atoms with Crippen molar-refractivity contribution in [3.05, 3.63) is 0 Å². The quantitative estimate of drug-likeness (QED) is 0.775. The lowest BCUT2D eigenvalue weighted by Crippen LogP contribution is -2.46. The summed E-state index contributed by atoms with van der Waals surface area (Å²) in [4.78, 5) is 14.4. The van der Waals surface area contributed by atoms with Crippen molar-refractivity contribution in [2.45, 2.75) is 45.4 Å². The lowest BCUT2D eigenvalue weighted by molar-refractivity contribution is -0.135. The van der Waals surface area contributed by atoms with Crippen molar-refractivity contribution in [1.82, 2.24) is 9.21 Å². The van der Waals surface area contributed by atoms with E-state index in [1.54, 1.807) is 6.92 Å². The van der Waals surface area contributed by atoms with Gasteiger partial charge >= 0.3 is 0 Å². The predicted octanol–water partition coefficient (Wildman–Crippen LogP) is 1.70. The van der Waals surface area contributed by atoms with Crippen LogP contribution in [0.15, 0.2) is 0 Å². The topological polar surface area (TPSA) is 57.7 Å². The highest BCUT2D eigenvalue weighted by atomic mass is 32.2. The zero-order valence-electron chi connectivity index (χ0n) is 13.3. The van der Waals surface area contributed by atoms with Crippen molar-refractivity contribution in [2.24, 2.45) is 11.8 Å². The van der Waals surface area contributed by atoms with Gasteiger partial charge in [0, 0.05) is 26.7 Å². The Labute approximate surface area is 128 Å². The number of sulfonamides is 1. The average Bonchev–Trinajstić information content (AvgIpc) is 2.99. The van der Waals surface area contributed by atoms with Crippen LogP contribution < -0.4 is 0 Å². The smallest absolute Gasteiger partial charge is 0.226 e. The maximum atomic E-state index is 12.6. The molecule has 1 amide bonds. The summed E-state index contributed by atoms with van der Waals surface area (Å²) < 4.78 is 25.4. The second-order valence-electron chi connectivity index (χ2n) is 6.47. The van der Waals surface area contributed by atoms with Crippen LogP contribution in [0.25, 0.3) is 0 Å². The number of hydrogen-bond donors (Lipinski definition) is 0. The molecule has 122 valence electrons. The van der Waals surface area contributed by atoms with Gasteiger partial charge in [-0.2, -0.15) is 0 Å². The molecule has 0 aromatic heterocycles. The van der Waals surface area contributed by atoms with Crippen molar-refractivity contribution in [1.29, 1.82) is 0 Å². The van der Waals surface area contributed by atoms with Crippen LogP contribution in [0.3, 0.4) is 0 Å². The van der Waals surface area contributed by atoms with Gasteiger partial charge in [0.25, 0.3) is 0 Å². The van der Waals surface area contributed by atoms with Crippen LogP contribution in [-0.2, 0) is 14.8 Å². The highest BCUT2D eigenvalue weighted by molar-refractivity contribution is 7.89. The summed E-state index contributed by atoms with van der Waals surface area (Å²) in [5, 5.41) is 0. The fourth-order valence-electron chi connectivity index (χ4n) is 3.56. The Morgan fingerprint density at radius 2 is 1.86 bits per heavy atom. The van der Waals surface area contributed by atoms with Gasteiger partial charge in [-0.15, -0.1) is 0 Å². The summed E-state index contributed by atoms with van der Waals surface area (Å²) in [5.74, 6) is 0.716. The molecular formula is C15H28N2O3S. The Hall–Kier alpha value is -0.620. The molecule has 0 bridgehead atoms. The van der Waals surface area contributed by atoms with Crippen molar-refractivity contribution in [3.63, 3.8) is 0 Å². The number of piperidine rings is 1. The summed E-state index contributed by atoms with van der Waals surface area (Å²) in [6.07, 6.45) is 6.59. The van der Waals surface area contributed by atoms with Crippen molar-refractivity contribution in [2.75, 3.05) is 32.4 Å². The largest absolute Gasteiger partial charge is 0.345 e. The summed E-state index contributed by atoms with van der Waals surface area (Å²) in [6, 6.07) is 0. The van der Waals surface area contributed by atoms with E-state index in [9.17, 15) is 13.2 Å². The van der Waals surface area contributed by atoms with Gasteiger partial charge in [-0.25, -0.2) is 12.7 Å². The second-order valence-corrected chi connectivity index (χ2v) is 8.72. The van der Waals surface area contributed by atoms with Crippen molar-refractivity contribution >= 4 is 15.9 Å². The molecule has 6 heteroatoms. The molecule has 0 spiro atoms. The molecule has 0 aromatic rings. The first-order valence-corrected chi connectivity index (χ1v) is 9.77. The first kappa shape index (κ1) is 16.7. The number of carbonyl (C=O) groups excluding carboxylic acids is 1. The van der Waals surface area contributed by atoms with E-state index in [1.807, 2.05) is 11.9 Å². The number of amides is 1. The molecule has 2 rings (SSSR count). The Kier molecular flexibility index (Phi) is 5.66. The minimum absolute atomic E-state index is 0.117. The van der Waals surface area contributed by atoms with E-state index in [2.05, 4.69) is 0 Å². The molecule has 0 N–H and O–H groups in total. The van der Waals surface area contributed by atoms with E-state index < -0.39 is 10.0 Å². The molecule has 21 heavy (non-hydrogen) atoms. The Balaban J connectivity index is 1.92. The predicted molar refractivity (Wildman–Crippen MR) is 83.4 cm³/mol. The lowest BCUT2D eigenvalue weighted by Gasteiger charge is -2.33. The van der Waals surface area contributed by atoms with Gasteiger partial charge in [0.05, 0.1) is 11.7 Å². The van der Waals surface area contributed by atoms with Crippen molar-refractivity contribution < 1.29 is 13.2 Å². The van der Waals surface area contributed by atoms with E-state index >= 15 is 0 Å². The molecule has 1 aliphatic heterocycles. The molecule has 2 aliphatic rings. The number of nitrogens with zero attached hydrogens (tertiary/aromatic N) is 2. The summed E-state index contributed by atoms with van der Waals surface area (Å²) in [7, 11) is -1.30. The SMILES string of the molecule is CCS(=O)(=O)N1CCCC(C(=O)N(C)CC2CCCC2)C1. The number of rotatable bonds is 5. The zero-order chi connectivity index (χ0) is 15.5. The van der Waals surface area contributed by atoms with Gasteiger partial charge in [0.1, 0.15) is 0 Å². The summed E-state index contributed by atoms with van der Waals surface area (Å²) in [6.45, 7) is 3.42. The third-order valence-electron chi connectivity index (χ3n) is 4.87. The van der Waals surface area contributed by atoms with Crippen LogP contribution >= 0.6 is 0 Å². The van der Waals surface area contributed by atoms with Gasteiger partial charge in [0.15, 0.2) is 0 Å². The fraction of sp³-hybridized carbons (Fsp3) is 0.933. The van der Waals surface area contributed by atoms with E-state index in [4.69, 9.17) is 0 Å². The zero-order valence-corrected chi connectivity index (χ0v) is 14.1. The van der Waals surface area contributed by atoms with E-state index in [0.29, 0.717) is 19.0 Å². The molecule has 1 saturated heterocycles. The van der Waals surface area contributed by atoms with Crippen LogP contribution in [0, 0.1) is 11.8 Å². The highest BCUT2D eigenvalue weighted by Gasteiger charge is 2.33. The minimum Gasteiger partial charge on any atom is -0.345 e. The van der Waals surface area contributed by atoms with E-state index in [1.165, 1.54) is 30.0 Å². The molecule has 1 saturated carbocycles. The molecule has 5 nitrogen and oxygen atoms in total. The summed E-state index contributed by atoms with van der Waals surface area (Å²) >= 11 is 0.